The Labute approximate surface area is 109 Å². The van der Waals surface area contributed by atoms with Gasteiger partial charge in [0.1, 0.15) is 0 Å². The molecule has 1 aliphatic rings. The first-order valence-electron chi connectivity index (χ1n) is 6.87. The molecule has 1 unspecified atom stereocenters. The maximum Gasteiger partial charge on any atom is 0.0703 e. The van der Waals surface area contributed by atoms with Crippen LogP contribution in [0.3, 0.4) is 0 Å². The number of nitrogens with two attached hydrogens (primary N) is 1. The van der Waals surface area contributed by atoms with Crippen molar-refractivity contribution in [3.63, 3.8) is 0 Å². The van der Waals surface area contributed by atoms with Crippen LogP contribution in [0, 0.1) is 6.92 Å². The van der Waals surface area contributed by atoms with Crippen LogP contribution in [0.4, 0.5) is 0 Å². The number of nitrogens with one attached hydrogen (secondary N) is 1. The molecule has 2 rings (SSSR count). The van der Waals surface area contributed by atoms with Crippen LogP contribution in [-0.4, -0.2) is 9.78 Å². The molecule has 0 fully saturated rings. The first-order valence-corrected chi connectivity index (χ1v) is 6.87. The minimum absolute atomic E-state index is 0.122. The van der Waals surface area contributed by atoms with Crippen molar-refractivity contribution < 1.29 is 0 Å². The van der Waals surface area contributed by atoms with Crippen molar-refractivity contribution in [3.8, 4) is 0 Å². The second-order valence-electron chi connectivity index (χ2n) is 5.14. The van der Waals surface area contributed by atoms with Gasteiger partial charge >= 0.3 is 0 Å². The highest BCUT2D eigenvalue weighted by Crippen LogP contribution is 2.29. The summed E-state index contributed by atoms with van der Waals surface area (Å²) in [5.41, 5.74) is 6.78. The SMILES string of the molecule is Cc1c(C(NN)C2=CCCCCCC2)cnn1C. The van der Waals surface area contributed by atoms with Crippen molar-refractivity contribution in [2.45, 2.75) is 51.5 Å². The van der Waals surface area contributed by atoms with Gasteiger partial charge in [0, 0.05) is 18.3 Å². The zero-order valence-corrected chi connectivity index (χ0v) is 11.4. The van der Waals surface area contributed by atoms with Gasteiger partial charge < -0.3 is 0 Å². The van der Waals surface area contributed by atoms with E-state index in [2.05, 4.69) is 23.5 Å². The lowest BCUT2D eigenvalue weighted by Crippen LogP contribution is -2.30. The average molecular weight is 248 g/mol. The smallest absolute Gasteiger partial charge is 0.0703 e. The average Bonchev–Trinajstić information content (AvgIpc) is 2.64. The van der Waals surface area contributed by atoms with E-state index in [9.17, 15) is 0 Å². The van der Waals surface area contributed by atoms with E-state index in [1.807, 2.05) is 17.9 Å². The van der Waals surface area contributed by atoms with Gasteiger partial charge in [-0.05, 0) is 32.6 Å². The third kappa shape index (κ3) is 2.82. The van der Waals surface area contributed by atoms with Crippen LogP contribution in [-0.2, 0) is 7.05 Å². The fraction of sp³-hybridized carbons (Fsp3) is 0.643. The van der Waals surface area contributed by atoms with Crippen LogP contribution < -0.4 is 11.3 Å². The van der Waals surface area contributed by atoms with E-state index in [0.717, 1.165) is 6.42 Å². The Bertz CT molecular complexity index is 419. The van der Waals surface area contributed by atoms with Crippen molar-refractivity contribution in [2.24, 2.45) is 12.9 Å². The van der Waals surface area contributed by atoms with Crippen LogP contribution in [0.15, 0.2) is 17.8 Å². The third-order valence-electron chi connectivity index (χ3n) is 3.95. The highest BCUT2D eigenvalue weighted by molar-refractivity contribution is 5.29. The number of aromatic nitrogens is 2. The topological polar surface area (TPSA) is 55.9 Å². The number of aryl methyl sites for hydroxylation is 1. The summed E-state index contributed by atoms with van der Waals surface area (Å²) >= 11 is 0. The van der Waals surface area contributed by atoms with Gasteiger partial charge in [0.15, 0.2) is 0 Å². The quantitative estimate of drug-likeness (QED) is 0.491. The lowest BCUT2D eigenvalue weighted by molar-refractivity contribution is 0.553. The molecule has 0 saturated carbocycles. The molecule has 1 atom stereocenters. The Morgan fingerprint density at radius 1 is 1.33 bits per heavy atom. The van der Waals surface area contributed by atoms with Crippen molar-refractivity contribution in [3.05, 3.63) is 29.1 Å². The highest BCUT2D eigenvalue weighted by atomic mass is 15.3. The molecule has 3 N–H and O–H groups in total. The lowest BCUT2D eigenvalue weighted by atomic mass is 9.91. The van der Waals surface area contributed by atoms with E-state index in [4.69, 9.17) is 5.84 Å². The summed E-state index contributed by atoms with van der Waals surface area (Å²) in [7, 11) is 1.97. The number of rotatable bonds is 3. The summed E-state index contributed by atoms with van der Waals surface area (Å²) in [4.78, 5) is 0. The molecular formula is C14H24N4. The number of nitrogens with zero attached hydrogens (tertiary/aromatic N) is 2. The van der Waals surface area contributed by atoms with Crippen LogP contribution in [0.25, 0.3) is 0 Å². The maximum absolute atomic E-state index is 5.78. The Hall–Kier alpha value is -1.13. The normalized spacial score (nSPS) is 18.9. The van der Waals surface area contributed by atoms with Gasteiger partial charge in [-0.2, -0.15) is 5.10 Å². The Balaban J connectivity index is 2.24. The molecule has 100 valence electrons. The molecule has 0 amide bonds. The number of hydrazine groups is 1. The van der Waals surface area contributed by atoms with Crippen molar-refractivity contribution in [1.82, 2.24) is 15.2 Å². The molecule has 1 aromatic rings. The van der Waals surface area contributed by atoms with Gasteiger partial charge in [-0.15, -0.1) is 0 Å². The fourth-order valence-electron chi connectivity index (χ4n) is 2.67. The molecule has 1 aliphatic carbocycles. The number of hydrogen-bond acceptors (Lipinski definition) is 3. The van der Waals surface area contributed by atoms with Gasteiger partial charge in [0.25, 0.3) is 0 Å². The number of allylic oxidation sites excluding steroid dienone is 1. The molecule has 0 aromatic carbocycles. The summed E-state index contributed by atoms with van der Waals surface area (Å²) in [6.07, 6.45) is 11.9. The first kappa shape index (κ1) is 13.3. The molecule has 1 heterocycles. The standard InChI is InChI=1S/C14H24N4/c1-11-13(10-16-18(11)2)14(17-15)12-8-6-4-3-5-7-9-12/h8,10,14,17H,3-7,9,15H2,1-2H3. The Morgan fingerprint density at radius 3 is 2.78 bits per heavy atom. The molecular weight excluding hydrogens is 224 g/mol. The Morgan fingerprint density at radius 2 is 2.11 bits per heavy atom. The fourth-order valence-corrected chi connectivity index (χ4v) is 2.67. The van der Waals surface area contributed by atoms with Gasteiger partial charge in [-0.1, -0.05) is 24.5 Å². The van der Waals surface area contributed by atoms with E-state index in [-0.39, 0.29) is 6.04 Å². The third-order valence-corrected chi connectivity index (χ3v) is 3.95. The second-order valence-corrected chi connectivity index (χ2v) is 5.14. The van der Waals surface area contributed by atoms with Crippen molar-refractivity contribution in [2.75, 3.05) is 0 Å². The summed E-state index contributed by atoms with van der Waals surface area (Å²) in [6, 6.07) is 0.122. The second kappa shape index (κ2) is 6.16. The number of hydrogen-bond donors (Lipinski definition) is 2. The Kier molecular flexibility index (Phi) is 4.55. The predicted molar refractivity (Wildman–Crippen MR) is 73.8 cm³/mol. The van der Waals surface area contributed by atoms with E-state index in [1.54, 1.807) is 0 Å². The first-order chi connectivity index (χ1) is 8.74. The van der Waals surface area contributed by atoms with Gasteiger partial charge in [-0.25, -0.2) is 5.43 Å². The molecule has 0 radical (unpaired) electrons. The van der Waals surface area contributed by atoms with Gasteiger partial charge in [-0.3, -0.25) is 10.5 Å². The molecule has 18 heavy (non-hydrogen) atoms. The van der Waals surface area contributed by atoms with E-state index >= 15 is 0 Å². The van der Waals surface area contributed by atoms with Crippen LogP contribution in [0.1, 0.15) is 55.8 Å². The molecule has 0 bridgehead atoms. The summed E-state index contributed by atoms with van der Waals surface area (Å²) in [6.45, 7) is 2.09. The van der Waals surface area contributed by atoms with Gasteiger partial charge in [0.05, 0.1) is 12.2 Å². The van der Waals surface area contributed by atoms with Crippen molar-refractivity contribution >= 4 is 0 Å². The van der Waals surface area contributed by atoms with Gasteiger partial charge in [0.2, 0.25) is 0 Å². The van der Waals surface area contributed by atoms with Crippen LogP contribution in [0.2, 0.25) is 0 Å². The molecule has 1 aromatic heterocycles. The van der Waals surface area contributed by atoms with Crippen molar-refractivity contribution in [1.29, 1.82) is 0 Å². The zero-order chi connectivity index (χ0) is 13.0. The van der Waals surface area contributed by atoms with E-state index < -0.39 is 0 Å². The van der Waals surface area contributed by atoms with Crippen LogP contribution >= 0.6 is 0 Å². The summed E-state index contributed by atoms with van der Waals surface area (Å²) < 4.78 is 1.91. The van der Waals surface area contributed by atoms with E-state index in [1.165, 1.54) is 48.9 Å². The van der Waals surface area contributed by atoms with E-state index in [0.29, 0.717) is 0 Å². The monoisotopic (exact) mass is 248 g/mol. The summed E-state index contributed by atoms with van der Waals surface area (Å²) in [5, 5.41) is 4.32. The predicted octanol–water partition coefficient (Wildman–Crippen LogP) is 2.51. The molecule has 0 saturated heterocycles. The molecule has 0 spiro atoms. The highest BCUT2D eigenvalue weighted by Gasteiger charge is 2.19. The molecule has 4 nitrogen and oxygen atoms in total. The molecule has 0 aliphatic heterocycles. The largest absolute Gasteiger partial charge is 0.273 e. The molecule has 4 heteroatoms. The minimum atomic E-state index is 0.122. The summed E-state index contributed by atoms with van der Waals surface area (Å²) in [5.74, 6) is 5.78. The van der Waals surface area contributed by atoms with Crippen LogP contribution in [0.5, 0.6) is 0 Å². The maximum atomic E-state index is 5.78. The lowest BCUT2D eigenvalue weighted by Gasteiger charge is -2.21. The zero-order valence-electron chi connectivity index (χ0n) is 11.4. The minimum Gasteiger partial charge on any atom is -0.273 e.